The molecule has 2 rings (SSSR count). The van der Waals surface area contributed by atoms with Crippen LogP contribution in [0.4, 0.5) is 0 Å². The number of rotatable bonds is 5. The van der Waals surface area contributed by atoms with E-state index in [1.807, 2.05) is 19.9 Å². The van der Waals surface area contributed by atoms with Gasteiger partial charge in [-0.1, -0.05) is 6.08 Å². The molecule has 0 radical (unpaired) electrons. The molecule has 1 unspecified atom stereocenters. The average molecular weight is 240 g/mol. The highest BCUT2D eigenvalue weighted by Gasteiger charge is 2.32. The Bertz CT molecular complexity index is 262. The Kier molecular flexibility index (Phi) is 4.23. The molecular formula is C14H24O3. The molecular weight excluding hydrogens is 216 g/mol. The second-order valence-electron chi connectivity index (χ2n) is 5.48. The van der Waals surface area contributed by atoms with E-state index >= 15 is 0 Å². The SMILES string of the molecule is C=C[C@@H]1CCO[C@@H]1CCCC1COC(C)(C)O1. The number of hydrogen-bond acceptors (Lipinski definition) is 3. The van der Waals surface area contributed by atoms with Gasteiger partial charge in [0.1, 0.15) is 0 Å². The quantitative estimate of drug-likeness (QED) is 0.692. The van der Waals surface area contributed by atoms with E-state index in [1.54, 1.807) is 0 Å². The minimum absolute atomic E-state index is 0.258. The van der Waals surface area contributed by atoms with Crippen LogP contribution in [-0.4, -0.2) is 31.2 Å². The first kappa shape index (κ1) is 13.1. The first-order valence-corrected chi connectivity index (χ1v) is 6.66. The van der Waals surface area contributed by atoms with E-state index in [2.05, 4.69) is 6.58 Å². The van der Waals surface area contributed by atoms with E-state index in [0.717, 1.165) is 38.9 Å². The maximum atomic E-state index is 5.78. The summed E-state index contributed by atoms with van der Waals surface area (Å²) in [6, 6.07) is 0. The predicted octanol–water partition coefficient (Wildman–Crippen LogP) is 2.90. The lowest BCUT2D eigenvalue weighted by atomic mass is 9.97. The molecule has 0 aliphatic carbocycles. The molecule has 2 saturated heterocycles. The van der Waals surface area contributed by atoms with Crippen LogP contribution in [-0.2, 0) is 14.2 Å². The van der Waals surface area contributed by atoms with Crippen molar-refractivity contribution < 1.29 is 14.2 Å². The molecule has 0 aromatic rings. The van der Waals surface area contributed by atoms with Gasteiger partial charge in [0.05, 0.1) is 18.8 Å². The van der Waals surface area contributed by atoms with Crippen LogP contribution in [0.2, 0.25) is 0 Å². The van der Waals surface area contributed by atoms with Crippen LogP contribution >= 0.6 is 0 Å². The average Bonchev–Trinajstić information content (AvgIpc) is 2.85. The van der Waals surface area contributed by atoms with Crippen molar-refractivity contribution in [3.8, 4) is 0 Å². The third kappa shape index (κ3) is 3.54. The molecule has 17 heavy (non-hydrogen) atoms. The molecule has 2 heterocycles. The summed E-state index contributed by atoms with van der Waals surface area (Å²) in [7, 11) is 0. The molecule has 0 saturated carbocycles. The highest BCUT2D eigenvalue weighted by Crippen LogP contribution is 2.28. The van der Waals surface area contributed by atoms with Crippen LogP contribution in [0.15, 0.2) is 12.7 Å². The van der Waals surface area contributed by atoms with Gasteiger partial charge in [-0.15, -0.1) is 6.58 Å². The summed E-state index contributed by atoms with van der Waals surface area (Å²) in [4.78, 5) is 0. The third-order valence-electron chi connectivity index (χ3n) is 3.65. The summed E-state index contributed by atoms with van der Waals surface area (Å²) in [5.41, 5.74) is 0. The Hall–Kier alpha value is -0.380. The van der Waals surface area contributed by atoms with Crippen LogP contribution in [0.5, 0.6) is 0 Å². The Morgan fingerprint density at radius 1 is 1.35 bits per heavy atom. The fourth-order valence-corrected chi connectivity index (χ4v) is 2.68. The molecule has 2 fully saturated rings. The highest BCUT2D eigenvalue weighted by atomic mass is 16.7. The van der Waals surface area contributed by atoms with Crippen molar-refractivity contribution in [1.82, 2.24) is 0 Å². The summed E-state index contributed by atoms with van der Waals surface area (Å²) in [5.74, 6) is 0.158. The van der Waals surface area contributed by atoms with Crippen molar-refractivity contribution in [2.24, 2.45) is 5.92 Å². The Morgan fingerprint density at radius 2 is 2.18 bits per heavy atom. The fourth-order valence-electron chi connectivity index (χ4n) is 2.68. The van der Waals surface area contributed by atoms with E-state index in [0.29, 0.717) is 12.0 Å². The second kappa shape index (κ2) is 5.51. The van der Waals surface area contributed by atoms with Gasteiger partial charge in [-0.05, 0) is 39.5 Å². The molecule has 3 heteroatoms. The van der Waals surface area contributed by atoms with Gasteiger partial charge >= 0.3 is 0 Å². The van der Waals surface area contributed by atoms with E-state index in [4.69, 9.17) is 14.2 Å². The largest absolute Gasteiger partial charge is 0.378 e. The zero-order valence-corrected chi connectivity index (χ0v) is 11.0. The topological polar surface area (TPSA) is 27.7 Å². The summed E-state index contributed by atoms with van der Waals surface area (Å²) in [6.45, 7) is 9.43. The van der Waals surface area contributed by atoms with Gasteiger partial charge in [0.15, 0.2) is 5.79 Å². The normalized spacial score (nSPS) is 36.2. The lowest BCUT2D eigenvalue weighted by Gasteiger charge is -2.18. The van der Waals surface area contributed by atoms with Crippen LogP contribution < -0.4 is 0 Å². The zero-order valence-electron chi connectivity index (χ0n) is 11.0. The molecule has 3 atom stereocenters. The zero-order chi connectivity index (χ0) is 12.3. The summed E-state index contributed by atoms with van der Waals surface area (Å²) < 4.78 is 17.1. The summed E-state index contributed by atoms with van der Waals surface area (Å²) in [5, 5.41) is 0. The lowest BCUT2D eigenvalue weighted by Crippen LogP contribution is -2.21. The van der Waals surface area contributed by atoms with Crippen molar-refractivity contribution in [2.45, 2.75) is 57.5 Å². The summed E-state index contributed by atoms with van der Waals surface area (Å²) >= 11 is 0. The lowest BCUT2D eigenvalue weighted by molar-refractivity contribution is -0.139. The van der Waals surface area contributed by atoms with Gasteiger partial charge in [0.2, 0.25) is 0 Å². The van der Waals surface area contributed by atoms with Crippen molar-refractivity contribution in [3.05, 3.63) is 12.7 Å². The standard InChI is InChI=1S/C14H24O3/c1-4-11-8-9-15-13(11)7-5-6-12-10-16-14(2,3)17-12/h4,11-13H,1,5-10H2,2-3H3/t11-,12?,13-/m1/s1. The molecule has 0 aromatic heterocycles. The van der Waals surface area contributed by atoms with E-state index < -0.39 is 5.79 Å². The van der Waals surface area contributed by atoms with Crippen LogP contribution in [0.3, 0.4) is 0 Å². The molecule has 0 bridgehead atoms. The van der Waals surface area contributed by atoms with E-state index in [-0.39, 0.29) is 6.10 Å². The minimum atomic E-state index is -0.391. The van der Waals surface area contributed by atoms with Gasteiger partial charge < -0.3 is 14.2 Å². The number of ether oxygens (including phenoxy) is 3. The van der Waals surface area contributed by atoms with Crippen molar-refractivity contribution >= 4 is 0 Å². The summed E-state index contributed by atoms with van der Waals surface area (Å²) in [6.07, 6.45) is 7.11. The van der Waals surface area contributed by atoms with Gasteiger partial charge in [-0.2, -0.15) is 0 Å². The Morgan fingerprint density at radius 3 is 2.82 bits per heavy atom. The maximum absolute atomic E-state index is 5.78. The van der Waals surface area contributed by atoms with Crippen LogP contribution in [0.25, 0.3) is 0 Å². The molecule has 2 aliphatic rings. The molecule has 98 valence electrons. The van der Waals surface area contributed by atoms with Crippen molar-refractivity contribution in [1.29, 1.82) is 0 Å². The minimum Gasteiger partial charge on any atom is -0.378 e. The van der Waals surface area contributed by atoms with Crippen LogP contribution in [0, 0.1) is 5.92 Å². The molecule has 3 nitrogen and oxygen atoms in total. The molecule has 0 spiro atoms. The molecule has 0 aromatic carbocycles. The monoisotopic (exact) mass is 240 g/mol. The predicted molar refractivity (Wildman–Crippen MR) is 66.8 cm³/mol. The molecule has 2 aliphatic heterocycles. The van der Waals surface area contributed by atoms with Gasteiger partial charge in [-0.25, -0.2) is 0 Å². The Labute approximate surface area is 104 Å². The third-order valence-corrected chi connectivity index (χ3v) is 3.65. The Balaban J connectivity index is 1.65. The molecule has 0 amide bonds. The van der Waals surface area contributed by atoms with E-state index in [1.165, 1.54) is 0 Å². The van der Waals surface area contributed by atoms with Crippen LogP contribution in [0.1, 0.15) is 39.5 Å². The first-order chi connectivity index (χ1) is 8.11. The highest BCUT2D eigenvalue weighted by molar-refractivity contribution is 4.89. The second-order valence-corrected chi connectivity index (χ2v) is 5.48. The number of hydrogen-bond donors (Lipinski definition) is 0. The van der Waals surface area contributed by atoms with Gasteiger partial charge in [0, 0.05) is 12.5 Å². The van der Waals surface area contributed by atoms with Gasteiger partial charge in [-0.3, -0.25) is 0 Å². The fraction of sp³-hybridized carbons (Fsp3) is 0.857. The van der Waals surface area contributed by atoms with Crippen molar-refractivity contribution in [2.75, 3.05) is 13.2 Å². The van der Waals surface area contributed by atoms with Crippen molar-refractivity contribution in [3.63, 3.8) is 0 Å². The molecule has 0 N–H and O–H groups in total. The smallest absolute Gasteiger partial charge is 0.163 e. The maximum Gasteiger partial charge on any atom is 0.163 e. The van der Waals surface area contributed by atoms with Gasteiger partial charge in [0.25, 0.3) is 0 Å². The first-order valence-electron chi connectivity index (χ1n) is 6.66. The van der Waals surface area contributed by atoms with E-state index in [9.17, 15) is 0 Å².